The van der Waals surface area contributed by atoms with Crippen LogP contribution in [0.2, 0.25) is 0 Å². The van der Waals surface area contributed by atoms with Gasteiger partial charge in [-0.2, -0.15) is 0 Å². The zero-order chi connectivity index (χ0) is 17.1. The van der Waals surface area contributed by atoms with Crippen molar-refractivity contribution in [1.29, 1.82) is 0 Å². The smallest absolute Gasteiger partial charge is 0.142 e. The summed E-state index contributed by atoms with van der Waals surface area (Å²) in [6.45, 7) is 3.27. The second-order valence-electron chi connectivity index (χ2n) is 8.69. The number of allylic oxidation sites excluding steroid dienone is 1. The minimum Gasteiger partial charge on any atom is -0.495 e. The highest BCUT2D eigenvalue weighted by atomic mass is 16.5. The lowest BCUT2D eigenvalue weighted by Gasteiger charge is -2.58. The number of methoxy groups -OCH3 is 1. The van der Waals surface area contributed by atoms with Crippen LogP contribution in [-0.2, 0) is 5.41 Å². The van der Waals surface area contributed by atoms with Gasteiger partial charge in [-0.05, 0) is 37.3 Å². The van der Waals surface area contributed by atoms with Gasteiger partial charge in [0.25, 0.3) is 0 Å². The monoisotopic (exact) mass is 338 g/mol. The van der Waals surface area contributed by atoms with Gasteiger partial charge >= 0.3 is 0 Å². The second kappa shape index (κ2) is 4.41. The number of fused-ring (bicyclic) bond motifs is 2. The zero-order valence-corrected chi connectivity index (χ0v) is 15.1. The van der Waals surface area contributed by atoms with Crippen LogP contribution in [0.4, 0.5) is 5.69 Å². The van der Waals surface area contributed by atoms with Crippen LogP contribution in [0.25, 0.3) is 0 Å². The van der Waals surface area contributed by atoms with Crippen LogP contribution < -0.4 is 9.64 Å². The topological polar surface area (TPSA) is 35.9 Å². The quantitative estimate of drug-likeness (QED) is 0.796. The number of aliphatic hydroxyl groups excluding tert-OH is 1. The Bertz CT molecular complexity index is 805. The zero-order valence-electron chi connectivity index (χ0n) is 15.1. The third-order valence-electron chi connectivity index (χ3n) is 8.29. The number of benzene rings is 1. The molecular formula is C21H26N2O2. The van der Waals surface area contributed by atoms with Crippen molar-refractivity contribution in [1.82, 2.24) is 4.90 Å². The van der Waals surface area contributed by atoms with E-state index in [1.165, 1.54) is 17.7 Å². The highest BCUT2D eigenvalue weighted by Crippen LogP contribution is 2.68. The third kappa shape index (κ3) is 1.35. The highest BCUT2D eigenvalue weighted by Gasteiger charge is 2.74. The molecule has 0 radical (unpaired) electrons. The molecule has 1 aliphatic carbocycles. The number of hydrogen-bond acceptors (Lipinski definition) is 4. The maximum absolute atomic E-state index is 11.7. The summed E-state index contributed by atoms with van der Waals surface area (Å²) >= 11 is 0. The Morgan fingerprint density at radius 2 is 2.16 bits per heavy atom. The number of nitrogens with zero attached hydrogens (tertiary/aromatic N) is 2. The van der Waals surface area contributed by atoms with Gasteiger partial charge in [-0.1, -0.05) is 23.8 Å². The molecule has 8 atom stereocenters. The average Bonchev–Trinajstić information content (AvgIpc) is 3.04. The van der Waals surface area contributed by atoms with E-state index in [0.717, 1.165) is 18.7 Å². The Hall–Kier alpha value is -1.52. The molecule has 4 saturated heterocycles. The molecule has 1 aromatic carbocycles. The lowest BCUT2D eigenvalue weighted by atomic mass is 9.65. The molecule has 6 aliphatic rings. The van der Waals surface area contributed by atoms with Crippen LogP contribution in [0.5, 0.6) is 5.75 Å². The molecule has 25 heavy (non-hydrogen) atoms. The van der Waals surface area contributed by atoms with Crippen LogP contribution in [0, 0.1) is 11.8 Å². The molecule has 7 rings (SSSR count). The molecule has 0 aromatic heterocycles. The molecule has 0 amide bonds. The largest absolute Gasteiger partial charge is 0.495 e. The summed E-state index contributed by atoms with van der Waals surface area (Å²) in [5.41, 5.74) is 3.98. The number of para-hydroxylation sites is 1. The number of likely N-dealkylation sites (N-methyl/N-ethyl adjacent to an activating group) is 1. The van der Waals surface area contributed by atoms with Crippen molar-refractivity contribution in [3.8, 4) is 5.75 Å². The van der Waals surface area contributed by atoms with E-state index in [1.807, 2.05) is 0 Å². The van der Waals surface area contributed by atoms with Crippen molar-refractivity contribution in [3.63, 3.8) is 0 Å². The summed E-state index contributed by atoms with van der Waals surface area (Å²) in [5, 5.41) is 11.7. The fraction of sp³-hybridized carbons (Fsp3) is 0.619. The lowest BCUT2D eigenvalue weighted by Crippen LogP contribution is -2.68. The van der Waals surface area contributed by atoms with Crippen LogP contribution in [-0.4, -0.2) is 54.9 Å². The first-order valence-corrected chi connectivity index (χ1v) is 9.62. The van der Waals surface area contributed by atoms with Crippen LogP contribution in [0.1, 0.15) is 25.3 Å². The summed E-state index contributed by atoms with van der Waals surface area (Å²) in [6.07, 6.45) is 4.35. The molecule has 1 unspecified atom stereocenters. The molecule has 1 N–H and O–H groups in total. The number of anilines is 1. The number of rotatable bonds is 1. The minimum absolute atomic E-state index is 0.118. The van der Waals surface area contributed by atoms with Crippen molar-refractivity contribution in [3.05, 3.63) is 35.4 Å². The van der Waals surface area contributed by atoms with Gasteiger partial charge in [0.2, 0.25) is 0 Å². The van der Waals surface area contributed by atoms with Crippen LogP contribution >= 0.6 is 0 Å². The van der Waals surface area contributed by atoms with Gasteiger partial charge in [-0.25, -0.2) is 0 Å². The van der Waals surface area contributed by atoms with Gasteiger partial charge in [0.15, 0.2) is 0 Å². The molecule has 132 valence electrons. The fourth-order valence-corrected chi connectivity index (χ4v) is 7.60. The van der Waals surface area contributed by atoms with Crippen molar-refractivity contribution < 1.29 is 9.84 Å². The van der Waals surface area contributed by atoms with E-state index in [9.17, 15) is 5.11 Å². The Morgan fingerprint density at radius 3 is 2.92 bits per heavy atom. The van der Waals surface area contributed by atoms with Gasteiger partial charge < -0.3 is 14.7 Å². The van der Waals surface area contributed by atoms with Gasteiger partial charge in [-0.15, -0.1) is 0 Å². The minimum atomic E-state index is -0.256. The Kier molecular flexibility index (Phi) is 2.58. The molecule has 5 heterocycles. The summed E-state index contributed by atoms with van der Waals surface area (Å²) in [7, 11) is 3.97. The Morgan fingerprint density at radius 1 is 1.32 bits per heavy atom. The van der Waals surface area contributed by atoms with E-state index >= 15 is 0 Å². The molecule has 5 fully saturated rings. The first-order chi connectivity index (χ1) is 12.1. The Balaban J connectivity index is 1.61. The number of hydrogen-bond donors (Lipinski definition) is 1. The molecule has 5 aliphatic heterocycles. The van der Waals surface area contributed by atoms with Crippen molar-refractivity contribution >= 4 is 5.69 Å². The molecule has 5 bridgehead atoms. The van der Waals surface area contributed by atoms with E-state index in [-0.39, 0.29) is 11.5 Å². The van der Waals surface area contributed by atoms with Crippen molar-refractivity contribution in [2.24, 2.45) is 11.8 Å². The summed E-state index contributed by atoms with van der Waals surface area (Å²) in [4.78, 5) is 5.17. The summed E-state index contributed by atoms with van der Waals surface area (Å²) in [6, 6.07) is 7.86. The third-order valence-corrected chi connectivity index (χ3v) is 8.29. The van der Waals surface area contributed by atoms with E-state index in [2.05, 4.69) is 48.0 Å². The van der Waals surface area contributed by atoms with E-state index in [0.29, 0.717) is 30.0 Å². The van der Waals surface area contributed by atoms with Gasteiger partial charge in [0.05, 0.1) is 24.9 Å². The molecular weight excluding hydrogens is 312 g/mol. The van der Waals surface area contributed by atoms with Crippen molar-refractivity contribution in [2.75, 3.05) is 25.6 Å². The van der Waals surface area contributed by atoms with Crippen molar-refractivity contribution in [2.45, 2.75) is 49.4 Å². The molecule has 4 heteroatoms. The van der Waals surface area contributed by atoms with E-state index in [1.54, 1.807) is 12.7 Å². The summed E-state index contributed by atoms with van der Waals surface area (Å²) < 4.78 is 5.70. The maximum Gasteiger partial charge on any atom is 0.142 e. The lowest BCUT2D eigenvalue weighted by molar-refractivity contribution is -0.0345. The first-order valence-electron chi connectivity index (χ1n) is 9.62. The highest BCUT2D eigenvalue weighted by molar-refractivity contribution is 5.74. The fourth-order valence-electron chi connectivity index (χ4n) is 7.60. The van der Waals surface area contributed by atoms with Crippen LogP contribution in [0.15, 0.2) is 29.8 Å². The van der Waals surface area contributed by atoms with Gasteiger partial charge in [0.1, 0.15) is 5.75 Å². The molecule has 1 aromatic rings. The summed E-state index contributed by atoms with van der Waals surface area (Å²) in [5.74, 6) is 1.92. The van der Waals surface area contributed by atoms with E-state index in [4.69, 9.17) is 4.74 Å². The first kappa shape index (κ1) is 14.6. The number of ether oxygens (including phenoxy) is 1. The average molecular weight is 338 g/mol. The predicted octanol–water partition coefficient (Wildman–Crippen LogP) is 2.16. The second-order valence-corrected chi connectivity index (χ2v) is 8.69. The van der Waals surface area contributed by atoms with Gasteiger partial charge in [0, 0.05) is 37.0 Å². The maximum atomic E-state index is 11.7. The Labute approximate surface area is 149 Å². The molecule has 4 nitrogen and oxygen atoms in total. The number of aliphatic hydroxyl groups is 1. The normalized spacial score (nSPS) is 49.7. The standard InChI is InChI=1S/C21H26N2O2/c1-4-11-10-23-14-8-12(11)17-15(23)9-21(20(17)24)13-6-5-7-16(25-3)18(13)22(2)19(14)21/h4-7,12,14-15,17,19-20,24H,8-10H2,1-3H3/t12-,14-,15-,17-,19+,20-,21+/m0/s1. The van der Waals surface area contributed by atoms with Gasteiger partial charge in [-0.3, -0.25) is 4.90 Å². The predicted molar refractivity (Wildman–Crippen MR) is 97.1 cm³/mol. The number of piperidine rings is 4. The molecule has 1 saturated carbocycles. The van der Waals surface area contributed by atoms with E-state index < -0.39 is 0 Å². The molecule has 1 spiro atoms. The SMILES string of the molecule is CC=C1CN2[C@H]3C[C@@]45c6cccc(OC)c6N(C)[C@@H]4[C@@H]2C[C@@H]1[C@@H]3[C@@H]5O. The van der Waals surface area contributed by atoms with Crippen LogP contribution in [0.3, 0.4) is 0 Å².